The van der Waals surface area contributed by atoms with Gasteiger partial charge in [0.25, 0.3) is 0 Å². The van der Waals surface area contributed by atoms with Crippen LogP contribution in [-0.2, 0) is 21.1 Å². The van der Waals surface area contributed by atoms with Gasteiger partial charge in [-0.3, -0.25) is 4.79 Å². The zero-order valence-corrected chi connectivity index (χ0v) is 14.2. The molecular formula is C16H20N2O4S. The number of rotatable bonds is 6. The predicted octanol–water partition coefficient (Wildman–Crippen LogP) is 1.66. The van der Waals surface area contributed by atoms with Gasteiger partial charge in [0.2, 0.25) is 11.8 Å². The number of aromatic nitrogens is 1. The largest absolute Gasteiger partial charge is 0.441 e. The van der Waals surface area contributed by atoms with Crippen LogP contribution in [0.3, 0.4) is 0 Å². The maximum atomic E-state index is 11.9. The summed E-state index contributed by atoms with van der Waals surface area (Å²) in [6.07, 6.45) is 1.19. The number of sulfone groups is 1. The van der Waals surface area contributed by atoms with Crippen molar-refractivity contribution in [1.29, 1.82) is 0 Å². The number of aryl methyl sites for hydroxylation is 2. The van der Waals surface area contributed by atoms with E-state index >= 15 is 0 Å². The van der Waals surface area contributed by atoms with Crippen LogP contribution in [0.15, 0.2) is 28.7 Å². The van der Waals surface area contributed by atoms with Crippen LogP contribution in [0.1, 0.15) is 17.0 Å². The molecule has 0 unspecified atom stereocenters. The molecule has 1 aromatic carbocycles. The number of carbonyl (C=O) groups excluding carboxylic acids is 1. The van der Waals surface area contributed by atoms with Crippen LogP contribution in [0.5, 0.6) is 0 Å². The molecular weight excluding hydrogens is 316 g/mol. The number of nitrogens with one attached hydrogen (secondary N) is 1. The highest BCUT2D eigenvalue weighted by Gasteiger charge is 2.15. The molecule has 6 nitrogen and oxygen atoms in total. The fraction of sp³-hybridized carbons (Fsp3) is 0.375. The maximum absolute atomic E-state index is 11.9. The Labute approximate surface area is 135 Å². The van der Waals surface area contributed by atoms with Crippen molar-refractivity contribution in [1.82, 2.24) is 10.3 Å². The van der Waals surface area contributed by atoms with Gasteiger partial charge in [-0.1, -0.05) is 18.2 Å². The Balaban J connectivity index is 2.04. The first-order chi connectivity index (χ1) is 10.8. The lowest BCUT2D eigenvalue weighted by Gasteiger charge is -2.02. The van der Waals surface area contributed by atoms with Gasteiger partial charge in [-0.05, 0) is 25.5 Å². The second-order valence-electron chi connectivity index (χ2n) is 5.49. The van der Waals surface area contributed by atoms with Crippen LogP contribution in [0.25, 0.3) is 11.5 Å². The van der Waals surface area contributed by atoms with Gasteiger partial charge in [0.05, 0.1) is 17.9 Å². The zero-order valence-electron chi connectivity index (χ0n) is 13.4. The van der Waals surface area contributed by atoms with E-state index in [-0.39, 0.29) is 24.6 Å². The highest BCUT2D eigenvalue weighted by molar-refractivity contribution is 7.90. The van der Waals surface area contributed by atoms with Crippen molar-refractivity contribution < 1.29 is 17.6 Å². The number of nitrogens with zero attached hydrogens (tertiary/aromatic N) is 1. The lowest BCUT2D eigenvalue weighted by atomic mass is 10.1. The molecule has 1 amide bonds. The molecule has 0 atom stereocenters. The van der Waals surface area contributed by atoms with Gasteiger partial charge in [0.15, 0.2) is 0 Å². The lowest BCUT2D eigenvalue weighted by molar-refractivity contribution is -0.120. The summed E-state index contributed by atoms with van der Waals surface area (Å²) in [5.74, 6) is 0.716. The second-order valence-corrected chi connectivity index (χ2v) is 7.75. The van der Waals surface area contributed by atoms with Gasteiger partial charge in [-0.15, -0.1) is 0 Å². The van der Waals surface area contributed by atoms with Crippen molar-refractivity contribution >= 4 is 15.7 Å². The highest BCUT2D eigenvalue weighted by atomic mass is 32.2. The molecule has 0 spiro atoms. The quantitative estimate of drug-likeness (QED) is 0.866. The molecule has 0 aliphatic rings. The number of amides is 1. The van der Waals surface area contributed by atoms with Gasteiger partial charge in [0, 0.05) is 18.4 Å². The molecule has 0 aliphatic carbocycles. The maximum Gasteiger partial charge on any atom is 0.226 e. The van der Waals surface area contributed by atoms with Gasteiger partial charge in [0.1, 0.15) is 15.6 Å². The fourth-order valence-corrected chi connectivity index (χ4v) is 2.58. The number of hydrogen-bond acceptors (Lipinski definition) is 5. The third-order valence-electron chi connectivity index (χ3n) is 3.39. The minimum Gasteiger partial charge on any atom is -0.441 e. The summed E-state index contributed by atoms with van der Waals surface area (Å²) in [6.45, 7) is 3.82. The minimum atomic E-state index is -3.09. The number of benzene rings is 1. The molecule has 1 heterocycles. The van der Waals surface area contributed by atoms with Gasteiger partial charge >= 0.3 is 0 Å². The SMILES string of the molecule is Cc1ccccc1-c1nc(CC(=O)NCCS(C)(=O)=O)c(C)o1. The number of hydrogen-bond donors (Lipinski definition) is 1. The normalized spacial score (nSPS) is 11.4. The van der Waals surface area contributed by atoms with E-state index in [9.17, 15) is 13.2 Å². The monoisotopic (exact) mass is 336 g/mol. The van der Waals surface area contributed by atoms with Crippen LogP contribution >= 0.6 is 0 Å². The Kier molecular flexibility index (Phi) is 5.20. The summed E-state index contributed by atoms with van der Waals surface area (Å²) in [7, 11) is -3.09. The summed E-state index contributed by atoms with van der Waals surface area (Å²) in [5.41, 5.74) is 2.48. The van der Waals surface area contributed by atoms with E-state index in [0.717, 1.165) is 17.4 Å². The highest BCUT2D eigenvalue weighted by Crippen LogP contribution is 2.24. The standard InChI is InChI=1S/C16H20N2O4S/c1-11-6-4-5-7-13(11)16-18-14(12(2)22-16)10-15(19)17-8-9-23(3,20)21/h4-7H,8-10H2,1-3H3,(H,17,19). The van der Waals surface area contributed by atoms with Crippen molar-refractivity contribution in [3.05, 3.63) is 41.3 Å². The molecule has 1 N–H and O–H groups in total. The van der Waals surface area contributed by atoms with Crippen LogP contribution in [-0.4, -0.2) is 37.9 Å². The van der Waals surface area contributed by atoms with Gasteiger partial charge in [-0.2, -0.15) is 0 Å². The van der Waals surface area contributed by atoms with Gasteiger partial charge < -0.3 is 9.73 Å². The summed E-state index contributed by atoms with van der Waals surface area (Å²) in [4.78, 5) is 16.3. The molecule has 23 heavy (non-hydrogen) atoms. The van der Waals surface area contributed by atoms with E-state index in [1.54, 1.807) is 6.92 Å². The first kappa shape index (κ1) is 17.2. The summed E-state index contributed by atoms with van der Waals surface area (Å²) in [6, 6.07) is 7.72. The summed E-state index contributed by atoms with van der Waals surface area (Å²) in [5, 5.41) is 2.58. The third kappa shape index (κ3) is 4.92. The molecule has 0 bridgehead atoms. The molecule has 0 aliphatic heterocycles. The second kappa shape index (κ2) is 6.95. The molecule has 2 aromatic rings. The topological polar surface area (TPSA) is 89.3 Å². The molecule has 0 fully saturated rings. The Morgan fingerprint density at radius 3 is 2.61 bits per heavy atom. The van der Waals surface area contributed by atoms with E-state index in [0.29, 0.717) is 17.3 Å². The van der Waals surface area contributed by atoms with E-state index in [1.165, 1.54) is 0 Å². The van der Waals surface area contributed by atoms with Crippen LogP contribution in [0.2, 0.25) is 0 Å². The van der Waals surface area contributed by atoms with Crippen LogP contribution < -0.4 is 5.32 Å². The molecule has 7 heteroatoms. The minimum absolute atomic E-state index is 0.0605. The van der Waals surface area contributed by atoms with Crippen LogP contribution in [0, 0.1) is 13.8 Å². The Hall–Kier alpha value is -2.15. The van der Waals surface area contributed by atoms with E-state index in [1.807, 2.05) is 31.2 Å². The van der Waals surface area contributed by atoms with Crippen molar-refractivity contribution in [2.24, 2.45) is 0 Å². The van der Waals surface area contributed by atoms with Gasteiger partial charge in [-0.25, -0.2) is 13.4 Å². The first-order valence-electron chi connectivity index (χ1n) is 7.23. The molecule has 0 radical (unpaired) electrons. The molecule has 124 valence electrons. The predicted molar refractivity (Wildman–Crippen MR) is 87.8 cm³/mol. The molecule has 2 rings (SSSR count). The van der Waals surface area contributed by atoms with E-state index in [4.69, 9.17) is 4.42 Å². The smallest absolute Gasteiger partial charge is 0.226 e. The molecule has 0 saturated carbocycles. The summed E-state index contributed by atoms with van der Waals surface area (Å²) < 4.78 is 27.7. The number of carbonyl (C=O) groups is 1. The summed E-state index contributed by atoms with van der Waals surface area (Å²) >= 11 is 0. The Morgan fingerprint density at radius 2 is 1.96 bits per heavy atom. The van der Waals surface area contributed by atoms with Crippen molar-refractivity contribution in [2.75, 3.05) is 18.6 Å². The average molecular weight is 336 g/mol. The Bertz CT molecular complexity index is 809. The molecule has 1 aromatic heterocycles. The van der Waals surface area contributed by atoms with Crippen LogP contribution in [0.4, 0.5) is 0 Å². The Morgan fingerprint density at radius 1 is 1.26 bits per heavy atom. The van der Waals surface area contributed by atoms with Crippen molar-refractivity contribution in [2.45, 2.75) is 20.3 Å². The lowest BCUT2D eigenvalue weighted by Crippen LogP contribution is -2.30. The first-order valence-corrected chi connectivity index (χ1v) is 9.29. The van der Waals surface area contributed by atoms with Crippen molar-refractivity contribution in [3.63, 3.8) is 0 Å². The molecule has 0 saturated heterocycles. The van der Waals surface area contributed by atoms with E-state index < -0.39 is 9.84 Å². The number of oxazole rings is 1. The van der Waals surface area contributed by atoms with E-state index in [2.05, 4.69) is 10.3 Å². The fourth-order valence-electron chi connectivity index (χ4n) is 2.11. The zero-order chi connectivity index (χ0) is 17.0. The average Bonchev–Trinajstić information content (AvgIpc) is 2.79. The third-order valence-corrected chi connectivity index (χ3v) is 4.34. The van der Waals surface area contributed by atoms with Crippen molar-refractivity contribution in [3.8, 4) is 11.5 Å².